The van der Waals surface area contributed by atoms with E-state index in [1.54, 1.807) is 11.3 Å². The molecule has 0 radical (unpaired) electrons. The molecule has 1 N–H and O–H groups in total. The lowest BCUT2D eigenvalue weighted by Gasteiger charge is -2.21. The minimum Gasteiger partial charge on any atom is -0.302 e. The minimum atomic E-state index is 0.0436. The van der Waals surface area contributed by atoms with E-state index in [1.807, 2.05) is 42.5 Å². The maximum Gasteiger partial charge on any atom is 0.0931 e. The number of halogens is 1. The molecular weight excluding hydrogens is 276 g/mol. The van der Waals surface area contributed by atoms with Gasteiger partial charge in [-0.05, 0) is 24.6 Å². The molecule has 19 heavy (non-hydrogen) atoms. The zero-order valence-electron chi connectivity index (χ0n) is 10.6. The van der Waals surface area contributed by atoms with Gasteiger partial charge < -0.3 is 5.32 Å². The summed E-state index contributed by atoms with van der Waals surface area (Å²) in [5.74, 6) is 0. The van der Waals surface area contributed by atoms with Gasteiger partial charge in [0.05, 0.1) is 16.8 Å². The first-order chi connectivity index (χ1) is 9.20. The first-order valence-corrected chi connectivity index (χ1v) is 7.33. The zero-order chi connectivity index (χ0) is 13.7. The lowest BCUT2D eigenvalue weighted by molar-refractivity contribution is 0.477. The Bertz CT molecular complexity index is 559. The number of hydrogen-bond acceptors (Lipinski definition) is 3. The van der Waals surface area contributed by atoms with Gasteiger partial charge in [0.1, 0.15) is 0 Å². The number of nitrogens with one attached hydrogen (secondary N) is 1. The van der Waals surface area contributed by atoms with E-state index in [-0.39, 0.29) is 12.1 Å². The Labute approximate surface area is 122 Å². The molecule has 2 nitrogen and oxygen atoms in total. The van der Waals surface area contributed by atoms with Crippen LogP contribution in [0.5, 0.6) is 0 Å². The van der Waals surface area contributed by atoms with Gasteiger partial charge >= 0.3 is 0 Å². The molecule has 1 aromatic carbocycles. The predicted molar refractivity (Wildman–Crippen MR) is 80.3 cm³/mol. The number of nitriles is 1. The second-order valence-electron chi connectivity index (χ2n) is 4.36. The summed E-state index contributed by atoms with van der Waals surface area (Å²) in [6, 6.07) is 16.5. The van der Waals surface area contributed by atoms with Crippen LogP contribution in [-0.4, -0.2) is 0 Å². The first-order valence-electron chi connectivity index (χ1n) is 6.14. The van der Waals surface area contributed by atoms with Gasteiger partial charge in [-0.15, -0.1) is 11.3 Å². The fourth-order valence-electron chi connectivity index (χ4n) is 1.99. The monoisotopic (exact) mass is 290 g/mol. The van der Waals surface area contributed by atoms with E-state index in [4.69, 9.17) is 16.9 Å². The fraction of sp³-hybridized carbons (Fsp3) is 0.267. The highest BCUT2D eigenvalue weighted by Crippen LogP contribution is 2.29. The minimum absolute atomic E-state index is 0.0436. The average Bonchev–Trinajstić information content (AvgIpc) is 2.86. The predicted octanol–water partition coefficient (Wildman–Crippen LogP) is 4.71. The van der Waals surface area contributed by atoms with Crippen molar-refractivity contribution in [3.8, 4) is 6.07 Å². The molecule has 2 rings (SSSR count). The Morgan fingerprint density at radius 1 is 1.26 bits per heavy atom. The van der Waals surface area contributed by atoms with Gasteiger partial charge in [0.25, 0.3) is 0 Å². The summed E-state index contributed by atoms with van der Waals surface area (Å²) in [7, 11) is 0. The van der Waals surface area contributed by atoms with Crippen molar-refractivity contribution in [2.75, 3.05) is 0 Å². The number of rotatable bonds is 5. The number of benzene rings is 1. The Hall–Kier alpha value is -1.34. The third-order valence-electron chi connectivity index (χ3n) is 2.97. The van der Waals surface area contributed by atoms with E-state index in [9.17, 15) is 0 Å². The smallest absolute Gasteiger partial charge is 0.0931 e. The van der Waals surface area contributed by atoms with E-state index < -0.39 is 0 Å². The number of nitrogens with zero attached hydrogens (tertiary/aromatic N) is 1. The van der Waals surface area contributed by atoms with Crippen LogP contribution in [0.2, 0.25) is 4.34 Å². The van der Waals surface area contributed by atoms with Gasteiger partial charge in [-0.25, -0.2) is 0 Å². The first kappa shape index (κ1) is 14.1. The van der Waals surface area contributed by atoms with Gasteiger partial charge in [0.15, 0.2) is 0 Å². The normalized spacial score (nSPS) is 13.7. The Balaban J connectivity index is 2.11. The topological polar surface area (TPSA) is 35.8 Å². The molecule has 0 amide bonds. The second-order valence-corrected chi connectivity index (χ2v) is 6.10. The van der Waals surface area contributed by atoms with Crippen LogP contribution in [0.15, 0.2) is 42.5 Å². The molecule has 0 saturated carbocycles. The lowest BCUT2D eigenvalue weighted by Crippen LogP contribution is -2.23. The number of hydrogen-bond donors (Lipinski definition) is 1. The van der Waals surface area contributed by atoms with Crippen molar-refractivity contribution >= 4 is 22.9 Å². The van der Waals surface area contributed by atoms with E-state index >= 15 is 0 Å². The summed E-state index contributed by atoms with van der Waals surface area (Å²) in [5, 5.41) is 12.5. The summed E-state index contributed by atoms with van der Waals surface area (Å²) in [4.78, 5) is 1.18. The summed E-state index contributed by atoms with van der Waals surface area (Å²) < 4.78 is 0.792. The van der Waals surface area contributed by atoms with Crippen molar-refractivity contribution in [2.45, 2.75) is 25.4 Å². The largest absolute Gasteiger partial charge is 0.302 e. The third kappa shape index (κ3) is 3.81. The van der Waals surface area contributed by atoms with Gasteiger partial charge in [-0.3, -0.25) is 0 Å². The van der Waals surface area contributed by atoms with Crippen molar-refractivity contribution in [1.82, 2.24) is 5.32 Å². The highest BCUT2D eigenvalue weighted by Gasteiger charge is 2.16. The van der Waals surface area contributed by atoms with Crippen molar-refractivity contribution in [2.24, 2.45) is 0 Å². The third-order valence-corrected chi connectivity index (χ3v) is 4.38. The van der Waals surface area contributed by atoms with Crippen molar-refractivity contribution in [3.05, 3.63) is 57.2 Å². The fourth-order valence-corrected chi connectivity index (χ4v) is 3.07. The molecule has 0 fully saturated rings. The molecule has 2 unspecified atom stereocenters. The molecule has 1 aromatic heterocycles. The van der Waals surface area contributed by atoms with Crippen molar-refractivity contribution in [1.29, 1.82) is 5.26 Å². The average molecular weight is 291 g/mol. The SMILES string of the molecule is CC(NC(CC#N)c1ccccc1)c1ccc(Cl)s1. The highest BCUT2D eigenvalue weighted by molar-refractivity contribution is 7.16. The molecule has 0 aliphatic rings. The van der Waals surface area contributed by atoms with Gasteiger partial charge in [0.2, 0.25) is 0 Å². The zero-order valence-corrected chi connectivity index (χ0v) is 12.2. The van der Waals surface area contributed by atoms with Crippen LogP contribution in [0.4, 0.5) is 0 Å². The standard InChI is InChI=1S/C15H15ClN2S/c1-11(14-7-8-15(16)19-14)18-13(9-10-17)12-5-3-2-4-6-12/h2-8,11,13,18H,9H2,1H3. The van der Waals surface area contributed by atoms with Gasteiger partial charge in [0, 0.05) is 17.0 Å². The van der Waals surface area contributed by atoms with Crippen LogP contribution in [0.1, 0.15) is 35.9 Å². The van der Waals surface area contributed by atoms with E-state index in [2.05, 4.69) is 18.3 Å². The molecule has 2 aromatic rings. The summed E-state index contributed by atoms with van der Waals surface area (Å²) >= 11 is 7.53. The molecule has 1 heterocycles. The van der Waals surface area contributed by atoms with Gasteiger partial charge in [-0.2, -0.15) is 5.26 Å². The Kier molecular flexibility index (Phi) is 4.98. The van der Waals surface area contributed by atoms with Crippen LogP contribution in [0.3, 0.4) is 0 Å². The lowest BCUT2D eigenvalue weighted by atomic mass is 10.0. The molecular formula is C15H15ClN2S. The van der Waals surface area contributed by atoms with Crippen LogP contribution in [0.25, 0.3) is 0 Å². The quantitative estimate of drug-likeness (QED) is 0.866. The second kappa shape index (κ2) is 6.72. The summed E-state index contributed by atoms with van der Waals surface area (Å²) in [5.41, 5.74) is 1.14. The molecule has 2 atom stereocenters. The van der Waals surface area contributed by atoms with Crippen LogP contribution in [-0.2, 0) is 0 Å². The Morgan fingerprint density at radius 3 is 2.58 bits per heavy atom. The van der Waals surface area contributed by atoms with E-state index in [0.717, 1.165) is 9.90 Å². The highest BCUT2D eigenvalue weighted by atomic mass is 35.5. The van der Waals surface area contributed by atoms with Crippen LogP contribution < -0.4 is 5.32 Å². The molecule has 98 valence electrons. The maximum absolute atomic E-state index is 8.98. The van der Waals surface area contributed by atoms with Gasteiger partial charge in [-0.1, -0.05) is 41.9 Å². The van der Waals surface area contributed by atoms with Crippen molar-refractivity contribution < 1.29 is 0 Å². The molecule has 4 heteroatoms. The van der Waals surface area contributed by atoms with E-state index in [1.165, 1.54) is 4.88 Å². The van der Waals surface area contributed by atoms with E-state index in [0.29, 0.717) is 6.42 Å². The summed E-state index contributed by atoms with van der Waals surface area (Å²) in [6.07, 6.45) is 0.452. The maximum atomic E-state index is 8.98. The molecule has 0 bridgehead atoms. The molecule has 0 saturated heterocycles. The Morgan fingerprint density at radius 2 is 2.00 bits per heavy atom. The molecule has 0 aliphatic heterocycles. The van der Waals surface area contributed by atoms with Crippen molar-refractivity contribution in [3.63, 3.8) is 0 Å². The van der Waals surface area contributed by atoms with Crippen LogP contribution in [0, 0.1) is 11.3 Å². The molecule has 0 aliphatic carbocycles. The number of thiophene rings is 1. The van der Waals surface area contributed by atoms with Crippen LogP contribution >= 0.6 is 22.9 Å². The molecule has 0 spiro atoms. The summed E-state index contributed by atoms with van der Waals surface area (Å²) in [6.45, 7) is 2.09.